The summed E-state index contributed by atoms with van der Waals surface area (Å²) < 4.78 is 1.45. The van der Waals surface area contributed by atoms with Gasteiger partial charge in [-0.15, -0.1) is 11.3 Å². The van der Waals surface area contributed by atoms with Gasteiger partial charge in [0.2, 0.25) is 0 Å². The summed E-state index contributed by atoms with van der Waals surface area (Å²) >= 11 is 1.91. The first kappa shape index (κ1) is 14.1. The largest absolute Gasteiger partial charge is 0.317 e. The second-order valence-corrected chi connectivity index (χ2v) is 6.98. The molecule has 0 saturated heterocycles. The maximum atomic E-state index is 3.57. The van der Waals surface area contributed by atoms with Crippen molar-refractivity contribution >= 4 is 21.4 Å². The van der Waals surface area contributed by atoms with Gasteiger partial charge in [-0.2, -0.15) is 0 Å². The summed E-state index contributed by atoms with van der Waals surface area (Å²) in [5.41, 5.74) is 1.58. The Bertz CT molecular complexity index is 545. The highest BCUT2D eigenvalue weighted by atomic mass is 32.1. The molecule has 1 heterocycles. The molecule has 1 aromatic carbocycles. The molecule has 1 fully saturated rings. The van der Waals surface area contributed by atoms with E-state index in [9.17, 15) is 0 Å². The molecule has 1 nitrogen and oxygen atoms in total. The smallest absolute Gasteiger partial charge is 0.0345 e. The second-order valence-electron chi connectivity index (χ2n) is 6.07. The summed E-state index contributed by atoms with van der Waals surface area (Å²) in [4.78, 5) is 0. The van der Waals surface area contributed by atoms with Crippen LogP contribution in [-0.2, 0) is 6.42 Å². The highest BCUT2D eigenvalue weighted by molar-refractivity contribution is 7.17. The van der Waals surface area contributed by atoms with Crippen LogP contribution in [0.3, 0.4) is 0 Å². The molecule has 0 amide bonds. The Morgan fingerprint density at radius 1 is 1.15 bits per heavy atom. The molecule has 2 unspecified atom stereocenters. The third kappa shape index (κ3) is 3.07. The minimum Gasteiger partial charge on any atom is -0.317 e. The summed E-state index contributed by atoms with van der Waals surface area (Å²) in [7, 11) is 0. The Labute approximate surface area is 126 Å². The van der Waals surface area contributed by atoms with Crippen LogP contribution in [0.5, 0.6) is 0 Å². The first-order valence-electron chi connectivity index (χ1n) is 8.04. The standard InChI is InChI=1S/C18H25NS/c1-2-19-12-15-8-4-3-7-14(15)11-16-13-20-18-10-6-5-9-17(16)18/h5-6,9-10,13-15,19H,2-4,7-8,11-12H2,1H3. The molecule has 2 atom stereocenters. The Balaban J connectivity index is 1.74. The van der Waals surface area contributed by atoms with Gasteiger partial charge in [0, 0.05) is 4.70 Å². The Kier molecular flexibility index (Phi) is 4.74. The minimum absolute atomic E-state index is 0.876. The van der Waals surface area contributed by atoms with Crippen molar-refractivity contribution in [1.82, 2.24) is 5.32 Å². The normalized spacial score (nSPS) is 23.2. The topological polar surface area (TPSA) is 12.0 Å². The van der Waals surface area contributed by atoms with Crippen LogP contribution in [0.2, 0.25) is 0 Å². The molecule has 1 N–H and O–H groups in total. The van der Waals surface area contributed by atoms with Crippen molar-refractivity contribution in [2.75, 3.05) is 13.1 Å². The Morgan fingerprint density at radius 3 is 2.80 bits per heavy atom. The summed E-state index contributed by atoms with van der Waals surface area (Å²) in [6.07, 6.45) is 6.96. The zero-order chi connectivity index (χ0) is 13.8. The molecular formula is C18H25NS. The monoisotopic (exact) mass is 287 g/mol. The number of rotatable bonds is 5. The van der Waals surface area contributed by atoms with Crippen LogP contribution in [0.1, 0.15) is 38.2 Å². The van der Waals surface area contributed by atoms with E-state index in [1.807, 2.05) is 11.3 Å². The Morgan fingerprint density at radius 2 is 1.95 bits per heavy atom. The van der Waals surface area contributed by atoms with E-state index in [1.54, 1.807) is 5.56 Å². The lowest BCUT2D eigenvalue weighted by molar-refractivity contribution is 0.230. The molecule has 3 rings (SSSR count). The third-order valence-corrected chi connectivity index (χ3v) is 5.78. The van der Waals surface area contributed by atoms with Gasteiger partial charge in [-0.25, -0.2) is 0 Å². The van der Waals surface area contributed by atoms with Gasteiger partial charge in [0.05, 0.1) is 0 Å². The molecule has 2 heteroatoms. The lowest BCUT2D eigenvalue weighted by atomic mass is 9.76. The van der Waals surface area contributed by atoms with Gasteiger partial charge in [0.25, 0.3) is 0 Å². The number of nitrogens with one attached hydrogen (secondary N) is 1. The van der Waals surface area contributed by atoms with Gasteiger partial charge >= 0.3 is 0 Å². The molecule has 108 valence electrons. The van der Waals surface area contributed by atoms with Crippen molar-refractivity contribution in [1.29, 1.82) is 0 Å². The molecule has 0 bridgehead atoms. The number of benzene rings is 1. The van der Waals surface area contributed by atoms with E-state index in [-0.39, 0.29) is 0 Å². The lowest BCUT2D eigenvalue weighted by Crippen LogP contribution is -2.31. The van der Waals surface area contributed by atoms with E-state index >= 15 is 0 Å². The van der Waals surface area contributed by atoms with E-state index in [0.29, 0.717) is 0 Å². The van der Waals surface area contributed by atoms with Crippen LogP contribution in [-0.4, -0.2) is 13.1 Å². The van der Waals surface area contributed by atoms with Crippen LogP contribution >= 0.6 is 11.3 Å². The molecule has 0 aliphatic heterocycles. The number of hydrogen-bond acceptors (Lipinski definition) is 2. The highest BCUT2D eigenvalue weighted by Crippen LogP contribution is 2.35. The summed E-state index contributed by atoms with van der Waals surface area (Å²) in [5, 5.41) is 7.45. The van der Waals surface area contributed by atoms with Gasteiger partial charge in [-0.1, -0.05) is 38.0 Å². The average Bonchev–Trinajstić information content (AvgIpc) is 2.90. The quantitative estimate of drug-likeness (QED) is 0.828. The SMILES string of the molecule is CCNCC1CCCCC1Cc1csc2ccccc12. The third-order valence-electron chi connectivity index (χ3n) is 4.77. The van der Waals surface area contributed by atoms with Gasteiger partial charge in [0.1, 0.15) is 0 Å². The average molecular weight is 287 g/mol. The van der Waals surface area contributed by atoms with E-state index in [1.165, 1.54) is 48.7 Å². The summed E-state index contributed by atoms with van der Waals surface area (Å²) in [6.45, 7) is 4.53. The van der Waals surface area contributed by atoms with Crippen molar-refractivity contribution in [3.05, 3.63) is 35.2 Å². The minimum atomic E-state index is 0.876. The van der Waals surface area contributed by atoms with E-state index in [0.717, 1.165) is 18.4 Å². The molecule has 1 aromatic heterocycles. The van der Waals surface area contributed by atoms with Crippen molar-refractivity contribution in [3.63, 3.8) is 0 Å². The maximum absolute atomic E-state index is 3.57. The van der Waals surface area contributed by atoms with Crippen molar-refractivity contribution in [3.8, 4) is 0 Å². The van der Waals surface area contributed by atoms with Gasteiger partial charge in [-0.3, -0.25) is 0 Å². The van der Waals surface area contributed by atoms with Crippen molar-refractivity contribution in [2.24, 2.45) is 11.8 Å². The van der Waals surface area contributed by atoms with Crippen LogP contribution in [0, 0.1) is 11.8 Å². The molecule has 2 aromatic rings. The summed E-state index contributed by atoms with van der Waals surface area (Å²) in [6, 6.07) is 8.87. The molecule has 0 spiro atoms. The number of fused-ring (bicyclic) bond motifs is 1. The number of thiophene rings is 1. The lowest BCUT2D eigenvalue weighted by Gasteiger charge is -2.31. The van der Waals surface area contributed by atoms with Crippen LogP contribution in [0.15, 0.2) is 29.6 Å². The van der Waals surface area contributed by atoms with Gasteiger partial charge in [-0.05, 0) is 66.6 Å². The molecule has 1 aliphatic carbocycles. The van der Waals surface area contributed by atoms with Crippen LogP contribution in [0.4, 0.5) is 0 Å². The molecular weight excluding hydrogens is 262 g/mol. The fraction of sp³-hybridized carbons (Fsp3) is 0.556. The van der Waals surface area contributed by atoms with E-state index < -0.39 is 0 Å². The molecule has 20 heavy (non-hydrogen) atoms. The van der Waals surface area contributed by atoms with Gasteiger partial charge < -0.3 is 5.32 Å². The predicted octanol–water partition coefficient (Wildman–Crippen LogP) is 4.86. The van der Waals surface area contributed by atoms with Crippen LogP contribution < -0.4 is 5.32 Å². The van der Waals surface area contributed by atoms with Crippen molar-refractivity contribution in [2.45, 2.75) is 39.0 Å². The van der Waals surface area contributed by atoms with E-state index in [4.69, 9.17) is 0 Å². The molecule has 0 radical (unpaired) electrons. The first-order valence-corrected chi connectivity index (χ1v) is 8.92. The van der Waals surface area contributed by atoms with Crippen molar-refractivity contribution < 1.29 is 0 Å². The predicted molar refractivity (Wildman–Crippen MR) is 89.5 cm³/mol. The first-order chi connectivity index (χ1) is 9.88. The number of hydrogen-bond donors (Lipinski definition) is 1. The van der Waals surface area contributed by atoms with Crippen LogP contribution in [0.25, 0.3) is 10.1 Å². The van der Waals surface area contributed by atoms with E-state index in [2.05, 4.69) is 41.9 Å². The fourth-order valence-corrected chi connectivity index (χ4v) is 4.60. The second kappa shape index (κ2) is 6.73. The zero-order valence-corrected chi connectivity index (χ0v) is 13.2. The molecule has 1 saturated carbocycles. The maximum Gasteiger partial charge on any atom is 0.0345 e. The van der Waals surface area contributed by atoms with Gasteiger partial charge in [0.15, 0.2) is 0 Å². The molecule has 1 aliphatic rings. The fourth-order valence-electron chi connectivity index (χ4n) is 3.62. The Hall–Kier alpha value is -0.860. The summed E-state index contributed by atoms with van der Waals surface area (Å²) in [5.74, 6) is 1.75. The highest BCUT2D eigenvalue weighted by Gasteiger charge is 2.25. The zero-order valence-electron chi connectivity index (χ0n) is 12.4.